The number of carbonyl (C=O) groups excluding carboxylic acids is 1. The Morgan fingerprint density at radius 3 is 2.58 bits per heavy atom. The van der Waals surface area contributed by atoms with Gasteiger partial charge in [0.05, 0.1) is 11.4 Å². The van der Waals surface area contributed by atoms with E-state index in [2.05, 4.69) is 10.3 Å². The van der Waals surface area contributed by atoms with Gasteiger partial charge in [0, 0.05) is 33.7 Å². The zero-order valence-corrected chi connectivity index (χ0v) is 15.0. The van der Waals surface area contributed by atoms with Crippen molar-refractivity contribution >= 4 is 29.0 Å². The van der Waals surface area contributed by atoms with Gasteiger partial charge in [-0.15, -0.1) is 11.8 Å². The molecule has 0 bridgehead atoms. The molecule has 1 saturated carbocycles. The number of hydrogen-bond donors (Lipinski definition) is 2. The lowest BCUT2D eigenvalue weighted by molar-refractivity contribution is 0.102. The molecule has 2 aromatic carbocycles. The van der Waals surface area contributed by atoms with E-state index < -0.39 is 0 Å². The molecule has 1 fully saturated rings. The summed E-state index contributed by atoms with van der Waals surface area (Å²) in [5, 5.41) is 3.67. The highest BCUT2D eigenvalue weighted by molar-refractivity contribution is 8.00. The fourth-order valence-electron chi connectivity index (χ4n) is 2.64. The highest BCUT2D eigenvalue weighted by Crippen LogP contribution is 2.39. The lowest BCUT2D eigenvalue weighted by atomic mass is 10.1. The highest BCUT2D eigenvalue weighted by Gasteiger charge is 2.22. The third-order valence-corrected chi connectivity index (χ3v) is 5.59. The van der Waals surface area contributed by atoms with E-state index in [0.29, 0.717) is 16.9 Å². The molecule has 3 N–H and O–H groups in total. The Morgan fingerprint density at radius 1 is 1.08 bits per heavy atom. The summed E-state index contributed by atoms with van der Waals surface area (Å²) in [4.78, 5) is 17.9. The van der Waals surface area contributed by atoms with Crippen molar-refractivity contribution in [3.63, 3.8) is 0 Å². The van der Waals surface area contributed by atoms with Crippen LogP contribution in [0.3, 0.4) is 0 Å². The van der Waals surface area contributed by atoms with Gasteiger partial charge >= 0.3 is 0 Å². The number of thioether (sulfide) groups is 1. The zero-order valence-electron chi connectivity index (χ0n) is 14.2. The lowest BCUT2D eigenvalue weighted by Gasteiger charge is -2.11. The molecular formula is C21H19N3OS. The molecule has 4 nitrogen and oxygen atoms in total. The first kappa shape index (κ1) is 16.7. The third kappa shape index (κ3) is 3.89. The van der Waals surface area contributed by atoms with Crippen molar-refractivity contribution in [3.05, 3.63) is 72.6 Å². The largest absolute Gasteiger partial charge is 0.397 e. The van der Waals surface area contributed by atoms with E-state index in [9.17, 15) is 4.79 Å². The van der Waals surface area contributed by atoms with Crippen LogP contribution in [0, 0.1) is 0 Å². The molecule has 4 rings (SSSR count). The summed E-state index contributed by atoms with van der Waals surface area (Å²) >= 11 is 1.88. The first-order valence-electron chi connectivity index (χ1n) is 8.57. The van der Waals surface area contributed by atoms with Crippen molar-refractivity contribution in [2.45, 2.75) is 23.0 Å². The molecule has 130 valence electrons. The molecule has 1 aliphatic carbocycles. The molecule has 1 amide bonds. The number of anilines is 2. The Kier molecular flexibility index (Phi) is 4.63. The minimum atomic E-state index is -0.164. The topological polar surface area (TPSA) is 68.0 Å². The van der Waals surface area contributed by atoms with E-state index in [1.807, 2.05) is 60.3 Å². The molecule has 26 heavy (non-hydrogen) atoms. The SMILES string of the molecule is Nc1ccc(-c2cccnc2)cc1NC(=O)c1ccc(SC2CC2)cc1. The summed E-state index contributed by atoms with van der Waals surface area (Å²) < 4.78 is 0. The van der Waals surface area contributed by atoms with E-state index in [0.717, 1.165) is 16.4 Å². The Bertz CT molecular complexity index is 922. The fourth-order valence-corrected chi connectivity index (χ4v) is 3.69. The Hall–Kier alpha value is -2.79. The molecule has 1 heterocycles. The van der Waals surface area contributed by atoms with E-state index in [1.165, 1.54) is 17.7 Å². The second kappa shape index (κ2) is 7.22. The van der Waals surface area contributed by atoms with E-state index in [4.69, 9.17) is 5.73 Å². The average molecular weight is 361 g/mol. The Labute approximate surface area is 156 Å². The van der Waals surface area contributed by atoms with Gasteiger partial charge in [0.2, 0.25) is 0 Å². The number of hydrogen-bond acceptors (Lipinski definition) is 4. The van der Waals surface area contributed by atoms with Crippen molar-refractivity contribution in [1.82, 2.24) is 4.98 Å². The van der Waals surface area contributed by atoms with Gasteiger partial charge in [-0.3, -0.25) is 9.78 Å². The number of aromatic nitrogens is 1. The summed E-state index contributed by atoms with van der Waals surface area (Å²) in [5.41, 5.74) is 9.74. The van der Waals surface area contributed by atoms with Gasteiger partial charge in [0.15, 0.2) is 0 Å². The van der Waals surface area contributed by atoms with Gasteiger partial charge in [0.25, 0.3) is 5.91 Å². The number of nitrogens with zero attached hydrogens (tertiary/aromatic N) is 1. The van der Waals surface area contributed by atoms with Crippen LogP contribution in [0.25, 0.3) is 11.1 Å². The van der Waals surface area contributed by atoms with E-state index >= 15 is 0 Å². The van der Waals surface area contributed by atoms with Crippen molar-refractivity contribution in [2.75, 3.05) is 11.1 Å². The van der Waals surface area contributed by atoms with Crippen LogP contribution in [-0.4, -0.2) is 16.1 Å². The van der Waals surface area contributed by atoms with Crippen LogP contribution >= 0.6 is 11.8 Å². The maximum atomic E-state index is 12.6. The summed E-state index contributed by atoms with van der Waals surface area (Å²) in [5.74, 6) is -0.164. The average Bonchev–Trinajstić information content (AvgIpc) is 3.49. The number of nitrogens with two attached hydrogens (primary N) is 1. The summed E-state index contributed by atoms with van der Waals surface area (Å²) in [7, 11) is 0. The minimum Gasteiger partial charge on any atom is -0.397 e. The summed E-state index contributed by atoms with van der Waals surface area (Å²) in [6.07, 6.45) is 6.10. The Balaban J connectivity index is 1.51. The lowest BCUT2D eigenvalue weighted by Crippen LogP contribution is -2.13. The third-order valence-electron chi connectivity index (χ3n) is 4.24. The van der Waals surface area contributed by atoms with Crippen LogP contribution in [0.1, 0.15) is 23.2 Å². The first-order valence-corrected chi connectivity index (χ1v) is 9.45. The van der Waals surface area contributed by atoms with Crippen molar-refractivity contribution in [3.8, 4) is 11.1 Å². The van der Waals surface area contributed by atoms with Gasteiger partial charge in [-0.25, -0.2) is 0 Å². The van der Waals surface area contributed by atoms with Crippen molar-refractivity contribution in [2.24, 2.45) is 0 Å². The summed E-state index contributed by atoms with van der Waals surface area (Å²) in [6, 6.07) is 17.2. The van der Waals surface area contributed by atoms with Crippen molar-refractivity contribution < 1.29 is 4.79 Å². The molecule has 0 spiro atoms. The van der Waals surface area contributed by atoms with Crippen LogP contribution in [0.4, 0.5) is 11.4 Å². The zero-order chi connectivity index (χ0) is 17.9. The van der Waals surface area contributed by atoms with Gasteiger partial charge in [0.1, 0.15) is 0 Å². The molecular weight excluding hydrogens is 342 g/mol. The fraction of sp³-hybridized carbons (Fsp3) is 0.143. The standard InChI is InChI=1S/C21H19N3OS/c22-19-10-5-15(16-2-1-11-23-13-16)12-20(19)24-21(25)14-3-6-17(7-4-14)26-18-8-9-18/h1-7,10-13,18H,8-9,22H2,(H,24,25). The van der Waals surface area contributed by atoms with E-state index in [1.54, 1.807) is 18.5 Å². The Morgan fingerprint density at radius 2 is 1.88 bits per heavy atom. The molecule has 0 radical (unpaired) electrons. The normalized spacial score (nSPS) is 13.4. The van der Waals surface area contributed by atoms with Crippen LogP contribution in [0.2, 0.25) is 0 Å². The predicted octanol–water partition coefficient (Wildman–Crippen LogP) is 4.84. The number of rotatable bonds is 5. The predicted molar refractivity (Wildman–Crippen MR) is 107 cm³/mol. The monoisotopic (exact) mass is 361 g/mol. The number of nitrogens with one attached hydrogen (secondary N) is 1. The van der Waals surface area contributed by atoms with Crippen LogP contribution in [0.5, 0.6) is 0 Å². The number of carbonyl (C=O) groups is 1. The van der Waals surface area contributed by atoms with Crippen LogP contribution < -0.4 is 11.1 Å². The van der Waals surface area contributed by atoms with Crippen LogP contribution in [-0.2, 0) is 0 Å². The van der Waals surface area contributed by atoms with Crippen LogP contribution in [0.15, 0.2) is 71.9 Å². The number of amides is 1. The molecule has 0 aliphatic heterocycles. The molecule has 0 saturated heterocycles. The molecule has 1 aromatic heterocycles. The quantitative estimate of drug-likeness (QED) is 0.638. The molecule has 1 aliphatic rings. The molecule has 0 atom stereocenters. The van der Waals surface area contributed by atoms with E-state index in [-0.39, 0.29) is 5.91 Å². The first-order chi connectivity index (χ1) is 12.7. The number of pyridine rings is 1. The van der Waals surface area contributed by atoms with Gasteiger partial charge < -0.3 is 11.1 Å². The van der Waals surface area contributed by atoms with Gasteiger partial charge in [-0.05, 0) is 60.9 Å². The van der Waals surface area contributed by atoms with Crippen molar-refractivity contribution in [1.29, 1.82) is 0 Å². The summed E-state index contributed by atoms with van der Waals surface area (Å²) in [6.45, 7) is 0. The number of nitrogen functional groups attached to an aromatic ring is 1. The molecule has 5 heteroatoms. The molecule has 0 unspecified atom stereocenters. The highest BCUT2D eigenvalue weighted by atomic mass is 32.2. The smallest absolute Gasteiger partial charge is 0.255 e. The molecule has 3 aromatic rings. The van der Waals surface area contributed by atoms with Gasteiger partial charge in [-0.1, -0.05) is 12.1 Å². The second-order valence-corrected chi connectivity index (χ2v) is 7.71. The number of benzene rings is 2. The van der Waals surface area contributed by atoms with Gasteiger partial charge in [-0.2, -0.15) is 0 Å². The maximum absolute atomic E-state index is 12.6. The second-order valence-electron chi connectivity index (χ2n) is 6.34. The maximum Gasteiger partial charge on any atom is 0.255 e. The minimum absolute atomic E-state index is 0.164.